The lowest BCUT2D eigenvalue weighted by Crippen LogP contribution is -2.21. The van der Waals surface area contributed by atoms with Gasteiger partial charge in [0, 0.05) is 0 Å². The molecule has 1 unspecified atom stereocenters. The Morgan fingerprint density at radius 2 is 2.18 bits per heavy atom. The van der Waals surface area contributed by atoms with Crippen LogP contribution in [0.15, 0.2) is 6.07 Å². The second-order valence-corrected chi connectivity index (χ2v) is 4.17. The average Bonchev–Trinajstić information content (AvgIpc) is 2.25. The summed E-state index contributed by atoms with van der Waals surface area (Å²) >= 11 is 0. The van der Waals surface area contributed by atoms with Gasteiger partial charge in [-0.3, -0.25) is 0 Å². The monoisotopic (exact) mass is 246 g/mol. The Morgan fingerprint density at radius 3 is 2.82 bits per heavy atom. The Balaban J connectivity index is 2.50. The number of hydrogen-bond acceptors (Lipinski definition) is 2. The summed E-state index contributed by atoms with van der Waals surface area (Å²) in [6.07, 6.45) is 1.34. The van der Waals surface area contributed by atoms with Crippen molar-refractivity contribution in [1.29, 1.82) is 0 Å². The molecule has 94 valence electrons. The van der Waals surface area contributed by atoms with Crippen molar-refractivity contribution in [3.63, 3.8) is 0 Å². The van der Waals surface area contributed by atoms with E-state index in [1.807, 2.05) is 6.92 Å². The van der Waals surface area contributed by atoms with Gasteiger partial charge in [0.1, 0.15) is 0 Å². The third-order valence-electron chi connectivity index (χ3n) is 2.78. The minimum absolute atomic E-state index is 0.118. The molecule has 0 saturated heterocycles. The molecule has 1 heterocycles. The van der Waals surface area contributed by atoms with Crippen LogP contribution in [0.5, 0.6) is 11.5 Å². The maximum Gasteiger partial charge on any atom is 0.387 e. The first-order chi connectivity index (χ1) is 7.99. The number of aryl methyl sites for hydroxylation is 2. The Morgan fingerprint density at radius 1 is 1.47 bits per heavy atom. The zero-order valence-electron chi connectivity index (χ0n) is 9.60. The van der Waals surface area contributed by atoms with Gasteiger partial charge in [-0.1, -0.05) is 0 Å². The van der Waals surface area contributed by atoms with Gasteiger partial charge < -0.3 is 9.47 Å². The predicted molar refractivity (Wildman–Crippen MR) is 56.2 cm³/mol. The van der Waals surface area contributed by atoms with Gasteiger partial charge >= 0.3 is 6.61 Å². The van der Waals surface area contributed by atoms with Crippen LogP contribution in [0.2, 0.25) is 0 Å². The molecule has 0 fully saturated rings. The van der Waals surface area contributed by atoms with E-state index in [1.54, 1.807) is 6.07 Å². The Kier molecular flexibility index (Phi) is 3.17. The minimum atomic E-state index is -3.06. The first-order valence-corrected chi connectivity index (χ1v) is 5.42. The normalized spacial score (nSPS) is 18.8. The Bertz CT molecular complexity index is 432. The van der Waals surface area contributed by atoms with E-state index in [0.717, 1.165) is 12.0 Å². The van der Waals surface area contributed by atoms with Crippen LogP contribution in [-0.2, 0) is 6.42 Å². The number of ether oxygens (including phenoxy) is 2. The van der Waals surface area contributed by atoms with E-state index < -0.39 is 18.2 Å². The molecule has 2 rings (SSSR count). The van der Waals surface area contributed by atoms with Gasteiger partial charge in [-0.15, -0.1) is 0 Å². The van der Waals surface area contributed by atoms with Gasteiger partial charge in [-0.25, -0.2) is 4.39 Å². The molecule has 0 aliphatic carbocycles. The Labute approximate surface area is 97.3 Å². The first kappa shape index (κ1) is 12.1. The molecule has 1 aliphatic rings. The van der Waals surface area contributed by atoms with Crippen molar-refractivity contribution in [2.75, 3.05) is 0 Å². The van der Waals surface area contributed by atoms with Crippen molar-refractivity contribution < 1.29 is 22.6 Å². The van der Waals surface area contributed by atoms with Crippen LogP contribution < -0.4 is 9.47 Å². The smallest absolute Gasteiger partial charge is 0.387 e. The van der Waals surface area contributed by atoms with E-state index in [-0.39, 0.29) is 17.4 Å². The highest BCUT2D eigenvalue weighted by Gasteiger charge is 2.26. The van der Waals surface area contributed by atoms with E-state index >= 15 is 0 Å². The summed E-state index contributed by atoms with van der Waals surface area (Å²) in [6.45, 7) is 0.273. The van der Waals surface area contributed by atoms with Gasteiger partial charge in [0.05, 0.1) is 6.10 Å². The fourth-order valence-corrected chi connectivity index (χ4v) is 1.94. The highest BCUT2D eigenvalue weighted by molar-refractivity contribution is 5.51. The van der Waals surface area contributed by atoms with E-state index in [9.17, 15) is 13.2 Å². The Hall–Kier alpha value is -1.39. The number of rotatable bonds is 2. The number of hydrogen-bond donors (Lipinski definition) is 0. The van der Waals surface area contributed by atoms with E-state index in [1.165, 1.54) is 6.92 Å². The molecule has 1 aromatic rings. The number of halogens is 3. The van der Waals surface area contributed by atoms with Gasteiger partial charge in [0.2, 0.25) is 5.75 Å². The maximum absolute atomic E-state index is 13.7. The zero-order chi connectivity index (χ0) is 12.6. The maximum atomic E-state index is 13.7. The second-order valence-electron chi connectivity index (χ2n) is 4.17. The van der Waals surface area contributed by atoms with Crippen molar-refractivity contribution in [3.8, 4) is 11.5 Å². The van der Waals surface area contributed by atoms with Gasteiger partial charge in [-0.2, -0.15) is 8.78 Å². The van der Waals surface area contributed by atoms with Crippen molar-refractivity contribution >= 4 is 0 Å². The first-order valence-electron chi connectivity index (χ1n) is 5.42. The summed E-state index contributed by atoms with van der Waals surface area (Å²) in [6, 6.07) is 1.62. The standard InChI is InChI=1S/C12H13F3O2/c1-6-5-8-4-3-7(2)16-10(8)11(9(6)13)17-12(14)15/h5,7,12H,3-4H2,1-2H3. The molecule has 0 N–H and O–H groups in total. The fourth-order valence-electron chi connectivity index (χ4n) is 1.94. The summed E-state index contributed by atoms with van der Waals surface area (Å²) in [5.41, 5.74) is 1.01. The van der Waals surface area contributed by atoms with Crippen LogP contribution in [0.4, 0.5) is 13.2 Å². The minimum Gasteiger partial charge on any atom is -0.486 e. The summed E-state index contributed by atoms with van der Waals surface area (Å²) < 4.78 is 47.9. The molecule has 0 amide bonds. The molecule has 1 aromatic carbocycles. The molecule has 2 nitrogen and oxygen atoms in total. The molecule has 0 radical (unpaired) electrons. The third-order valence-corrected chi connectivity index (χ3v) is 2.78. The van der Waals surface area contributed by atoms with E-state index in [2.05, 4.69) is 4.74 Å². The molecule has 0 spiro atoms. The number of fused-ring (bicyclic) bond motifs is 1. The number of benzene rings is 1. The summed E-state index contributed by atoms with van der Waals surface area (Å²) in [4.78, 5) is 0. The van der Waals surface area contributed by atoms with E-state index in [4.69, 9.17) is 4.74 Å². The van der Waals surface area contributed by atoms with Crippen LogP contribution >= 0.6 is 0 Å². The SMILES string of the molecule is Cc1cc2c(c(OC(F)F)c1F)OC(C)CC2. The summed E-state index contributed by atoms with van der Waals surface area (Å²) in [5, 5.41) is 0. The fraction of sp³-hybridized carbons (Fsp3) is 0.500. The highest BCUT2D eigenvalue weighted by atomic mass is 19.3. The largest absolute Gasteiger partial charge is 0.486 e. The van der Waals surface area contributed by atoms with E-state index in [0.29, 0.717) is 6.42 Å². The lowest BCUT2D eigenvalue weighted by molar-refractivity contribution is -0.0549. The molecule has 1 atom stereocenters. The lowest BCUT2D eigenvalue weighted by atomic mass is 10.00. The van der Waals surface area contributed by atoms with Crippen LogP contribution in [0, 0.1) is 12.7 Å². The number of alkyl halides is 2. The molecule has 1 aliphatic heterocycles. The predicted octanol–water partition coefficient (Wildman–Crippen LogP) is 3.45. The molecule has 0 saturated carbocycles. The lowest BCUT2D eigenvalue weighted by Gasteiger charge is -2.26. The topological polar surface area (TPSA) is 18.5 Å². The molecule has 5 heteroatoms. The molecule has 17 heavy (non-hydrogen) atoms. The van der Waals surface area contributed by atoms with Crippen LogP contribution in [-0.4, -0.2) is 12.7 Å². The third kappa shape index (κ3) is 2.33. The van der Waals surface area contributed by atoms with Crippen molar-refractivity contribution in [1.82, 2.24) is 0 Å². The van der Waals surface area contributed by atoms with Crippen molar-refractivity contribution in [2.45, 2.75) is 39.4 Å². The molecular weight excluding hydrogens is 233 g/mol. The quantitative estimate of drug-likeness (QED) is 0.795. The average molecular weight is 246 g/mol. The van der Waals surface area contributed by atoms with Crippen molar-refractivity contribution in [3.05, 3.63) is 23.0 Å². The second kappa shape index (κ2) is 4.47. The van der Waals surface area contributed by atoms with Gasteiger partial charge in [-0.05, 0) is 43.9 Å². The molecule has 0 bridgehead atoms. The summed E-state index contributed by atoms with van der Waals surface area (Å²) in [7, 11) is 0. The van der Waals surface area contributed by atoms with Crippen molar-refractivity contribution in [2.24, 2.45) is 0 Å². The highest BCUT2D eigenvalue weighted by Crippen LogP contribution is 2.41. The zero-order valence-corrected chi connectivity index (χ0v) is 9.60. The van der Waals surface area contributed by atoms with Gasteiger partial charge in [0.15, 0.2) is 11.6 Å². The van der Waals surface area contributed by atoms with Crippen LogP contribution in [0.25, 0.3) is 0 Å². The van der Waals surface area contributed by atoms with Gasteiger partial charge in [0.25, 0.3) is 0 Å². The van der Waals surface area contributed by atoms with Crippen LogP contribution in [0.3, 0.4) is 0 Å². The molecular formula is C12H13F3O2. The molecule has 0 aromatic heterocycles. The van der Waals surface area contributed by atoms with Crippen LogP contribution in [0.1, 0.15) is 24.5 Å². The summed E-state index contributed by atoms with van der Waals surface area (Å²) in [5.74, 6) is -1.13.